The van der Waals surface area contributed by atoms with Crippen LogP contribution >= 0.6 is 0 Å². The second kappa shape index (κ2) is 5.32. The number of piperazine rings is 1. The lowest BCUT2D eigenvalue weighted by Crippen LogP contribution is -2.46. The number of alkyl halides is 3. The lowest BCUT2D eigenvalue weighted by Gasteiger charge is -2.34. The fourth-order valence-electron chi connectivity index (χ4n) is 2.26. The molecule has 1 atom stereocenters. The monoisotopic (exact) mass is 262 g/mol. The molecule has 2 heterocycles. The summed E-state index contributed by atoms with van der Waals surface area (Å²) in [4.78, 5) is 1.84. The van der Waals surface area contributed by atoms with E-state index < -0.39 is 18.6 Å². The van der Waals surface area contributed by atoms with Gasteiger partial charge in [-0.05, 0) is 19.1 Å². The summed E-state index contributed by atoms with van der Waals surface area (Å²) in [5, 5.41) is 3.14. The van der Waals surface area contributed by atoms with Gasteiger partial charge in [-0.1, -0.05) is 0 Å². The number of nitrogens with zero attached hydrogens (tertiary/aromatic N) is 1. The Morgan fingerprint density at radius 3 is 2.50 bits per heavy atom. The van der Waals surface area contributed by atoms with Crippen LogP contribution in [-0.2, 0) is 0 Å². The number of aryl methyl sites for hydroxylation is 1. The highest BCUT2D eigenvalue weighted by atomic mass is 19.4. The molecule has 0 bridgehead atoms. The maximum atomic E-state index is 12.7. The topological polar surface area (TPSA) is 28.4 Å². The summed E-state index contributed by atoms with van der Waals surface area (Å²) in [5.41, 5.74) is 0. The first-order valence-corrected chi connectivity index (χ1v) is 6.03. The van der Waals surface area contributed by atoms with Crippen LogP contribution in [-0.4, -0.2) is 37.3 Å². The summed E-state index contributed by atoms with van der Waals surface area (Å²) < 4.78 is 43.4. The molecule has 0 radical (unpaired) electrons. The Bertz CT molecular complexity index is 383. The predicted octanol–water partition coefficient (Wildman–Crippen LogP) is 2.49. The zero-order chi connectivity index (χ0) is 13.2. The maximum absolute atomic E-state index is 12.7. The third-order valence-electron chi connectivity index (χ3n) is 3.11. The molecule has 6 heteroatoms. The van der Waals surface area contributed by atoms with Crippen LogP contribution in [0.1, 0.15) is 24.0 Å². The molecule has 1 aliphatic heterocycles. The summed E-state index contributed by atoms with van der Waals surface area (Å²) in [6, 6.07) is 2.65. The molecule has 1 fully saturated rings. The van der Waals surface area contributed by atoms with Crippen LogP contribution < -0.4 is 5.32 Å². The Morgan fingerprint density at radius 1 is 1.33 bits per heavy atom. The van der Waals surface area contributed by atoms with Crippen molar-refractivity contribution >= 4 is 0 Å². The van der Waals surface area contributed by atoms with Gasteiger partial charge in [0.15, 0.2) is 0 Å². The van der Waals surface area contributed by atoms with E-state index in [1.54, 1.807) is 19.1 Å². The van der Waals surface area contributed by atoms with Gasteiger partial charge in [-0.15, -0.1) is 0 Å². The summed E-state index contributed by atoms with van der Waals surface area (Å²) in [5.74, 6) is 1.05. The minimum absolute atomic E-state index is 0.409. The summed E-state index contributed by atoms with van der Waals surface area (Å²) in [6.45, 7) is 4.40. The molecule has 0 amide bonds. The normalized spacial score (nSPS) is 20.0. The zero-order valence-electron chi connectivity index (χ0n) is 10.3. The summed E-state index contributed by atoms with van der Waals surface area (Å²) in [6.07, 6.45) is -5.05. The van der Waals surface area contributed by atoms with E-state index >= 15 is 0 Å². The molecule has 1 aromatic heterocycles. The lowest BCUT2D eigenvalue weighted by atomic mass is 10.1. The molecule has 0 unspecified atom stereocenters. The van der Waals surface area contributed by atoms with Gasteiger partial charge in [-0.3, -0.25) is 4.90 Å². The molecule has 0 saturated carbocycles. The van der Waals surface area contributed by atoms with Gasteiger partial charge in [0, 0.05) is 26.2 Å². The third-order valence-corrected chi connectivity index (χ3v) is 3.11. The average molecular weight is 262 g/mol. The highest BCUT2D eigenvalue weighted by molar-refractivity contribution is 5.10. The van der Waals surface area contributed by atoms with Crippen molar-refractivity contribution in [3.63, 3.8) is 0 Å². The molecule has 1 saturated heterocycles. The van der Waals surface area contributed by atoms with Crippen molar-refractivity contribution < 1.29 is 17.6 Å². The number of nitrogens with one attached hydrogen (secondary N) is 1. The van der Waals surface area contributed by atoms with E-state index in [1.807, 2.05) is 4.90 Å². The van der Waals surface area contributed by atoms with Crippen molar-refractivity contribution in [1.29, 1.82) is 0 Å². The maximum Gasteiger partial charge on any atom is 0.391 e. The van der Waals surface area contributed by atoms with Crippen molar-refractivity contribution in [3.05, 3.63) is 23.7 Å². The van der Waals surface area contributed by atoms with E-state index in [2.05, 4.69) is 5.32 Å². The Balaban J connectivity index is 2.16. The van der Waals surface area contributed by atoms with Crippen LogP contribution in [0.3, 0.4) is 0 Å². The molecular formula is C12H17F3N2O. The van der Waals surface area contributed by atoms with Crippen molar-refractivity contribution in [2.45, 2.75) is 25.6 Å². The molecule has 18 heavy (non-hydrogen) atoms. The Hall–Kier alpha value is -1.01. The Kier molecular flexibility index (Phi) is 3.97. The van der Waals surface area contributed by atoms with E-state index in [0.29, 0.717) is 37.7 Å². The van der Waals surface area contributed by atoms with Gasteiger partial charge in [0.1, 0.15) is 11.5 Å². The lowest BCUT2D eigenvalue weighted by molar-refractivity contribution is -0.150. The zero-order valence-corrected chi connectivity index (χ0v) is 10.3. The SMILES string of the molecule is Cc1ccc([C@@H](CC(F)(F)F)N2CCNCC2)o1. The van der Waals surface area contributed by atoms with Crippen LogP contribution in [0.2, 0.25) is 0 Å². The van der Waals surface area contributed by atoms with Crippen molar-refractivity contribution in [2.24, 2.45) is 0 Å². The van der Waals surface area contributed by atoms with Gasteiger partial charge in [0.2, 0.25) is 0 Å². The van der Waals surface area contributed by atoms with Crippen LogP contribution in [0.4, 0.5) is 13.2 Å². The van der Waals surface area contributed by atoms with Crippen molar-refractivity contribution in [3.8, 4) is 0 Å². The minimum atomic E-state index is -4.18. The van der Waals surface area contributed by atoms with Gasteiger partial charge in [-0.25, -0.2) is 0 Å². The first-order chi connectivity index (χ1) is 8.46. The predicted molar refractivity (Wildman–Crippen MR) is 61.3 cm³/mol. The highest BCUT2D eigenvalue weighted by Crippen LogP contribution is 2.34. The van der Waals surface area contributed by atoms with Gasteiger partial charge in [0.25, 0.3) is 0 Å². The number of rotatable bonds is 3. The van der Waals surface area contributed by atoms with Gasteiger partial charge in [-0.2, -0.15) is 13.2 Å². The summed E-state index contributed by atoms with van der Waals surface area (Å²) in [7, 11) is 0. The molecule has 0 aliphatic carbocycles. The molecule has 0 spiro atoms. The average Bonchev–Trinajstić information content (AvgIpc) is 2.73. The van der Waals surface area contributed by atoms with Crippen LogP contribution in [0.25, 0.3) is 0 Å². The van der Waals surface area contributed by atoms with Crippen LogP contribution in [0.15, 0.2) is 16.5 Å². The highest BCUT2D eigenvalue weighted by Gasteiger charge is 2.37. The van der Waals surface area contributed by atoms with Crippen molar-refractivity contribution in [2.75, 3.05) is 26.2 Å². The van der Waals surface area contributed by atoms with Crippen LogP contribution in [0.5, 0.6) is 0 Å². The van der Waals surface area contributed by atoms with Gasteiger partial charge >= 0.3 is 6.18 Å². The molecule has 0 aromatic carbocycles. The molecule has 1 aromatic rings. The second-order valence-corrected chi connectivity index (χ2v) is 4.57. The first kappa shape index (κ1) is 13.4. The molecular weight excluding hydrogens is 245 g/mol. The van der Waals surface area contributed by atoms with E-state index in [1.165, 1.54) is 0 Å². The van der Waals surface area contributed by atoms with Gasteiger partial charge < -0.3 is 9.73 Å². The number of hydrogen-bond donors (Lipinski definition) is 1. The quantitative estimate of drug-likeness (QED) is 0.907. The van der Waals surface area contributed by atoms with E-state index in [9.17, 15) is 13.2 Å². The largest absolute Gasteiger partial charge is 0.465 e. The summed E-state index contributed by atoms with van der Waals surface area (Å²) >= 11 is 0. The fourth-order valence-corrected chi connectivity index (χ4v) is 2.26. The standard InChI is InChI=1S/C12H17F3N2O/c1-9-2-3-11(18-9)10(8-12(13,14)15)17-6-4-16-5-7-17/h2-3,10,16H,4-8H2,1H3/t10-/m1/s1. The van der Waals surface area contributed by atoms with Crippen LogP contribution in [0, 0.1) is 6.92 Å². The molecule has 1 aliphatic rings. The molecule has 1 N–H and O–H groups in total. The van der Waals surface area contributed by atoms with E-state index in [0.717, 1.165) is 0 Å². The molecule has 2 rings (SSSR count). The number of furan rings is 1. The van der Waals surface area contributed by atoms with E-state index in [4.69, 9.17) is 4.42 Å². The van der Waals surface area contributed by atoms with E-state index in [-0.39, 0.29) is 0 Å². The minimum Gasteiger partial charge on any atom is -0.465 e. The first-order valence-electron chi connectivity index (χ1n) is 6.03. The Labute approximate surface area is 104 Å². The third kappa shape index (κ3) is 3.49. The fraction of sp³-hybridized carbons (Fsp3) is 0.667. The second-order valence-electron chi connectivity index (χ2n) is 4.57. The van der Waals surface area contributed by atoms with Crippen molar-refractivity contribution in [1.82, 2.24) is 10.2 Å². The smallest absolute Gasteiger partial charge is 0.391 e. The van der Waals surface area contributed by atoms with Gasteiger partial charge in [0.05, 0.1) is 12.5 Å². The molecule has 102 valence electrons. The molecule has 3 nitrogen and oxygen atoms in total. The Morgan fingerprint density at radius 2 is 2.00 bits per heavy atom. The number of hydrogen-bond acceptors (Lipinski definition) is 3. The number of halogens is 3.